The van der Waals surface area contributed by atoms with E-state index in [0.717, 1.165) is 16.9 Å². The van der Waals surface area contributed by atoms with E-state index >= 15 is 0 Å². The van der Waals surface area contributed by atoms with Gasteiger partial charge in [0.15, 0.2) is 15.6 Å². The lowest BCUT2D eigenvalue weighted by molar-refractivity contribution is 0.0664. The molecule has 8 heteroatoms. The molecule has 0 saturated carbocycles. The lowest BCUT2D eigenvalue weighted by Gasteiger charge is -2.34. The minimum atomic E-state index is -3.54. The van der Waals surface area contributed by atoms with Crippen LogP contribution in [0.25, 0.3) is 0 Å². The fraction of sp³-hybridized carbons (Fsp3) is 0.174. The number of carbonyl (C=O) groups excluding carboxylic acids is 1. The number of rotatable bonds is 5. The zero-order valence-electron chi connectivity index (χ0n) is 16.4. The Bertz CT molecular complexity index is 1300. The van der Waals surface area contributed by atoms with E-state index in [1.807, 2.05) is 22.4 Å². The average molecular weight is 470 g/mol. The Morgan fingerprint density at radius 1 is 1.00 bits per heavy atom. The van der Waals surface area contributed by atoms with Gasteiger partial charge in [0.1, 0.15) is 11.5 Å². The van der Waals surface area contributed by atoms with Crippen molar-refractivity contribution in [2.24, 2.45) is 0 Å². The van der Waals surface area contributed by atoms with Crippen molar-refractivity contribution in [3.8, 4) is 0 Å². The normalized spacial score (nSPS) is 16.3. The van der Waals surface area contributed by atoms with Gasteiger partial charge in [-0.1, -0.05) is 24.3 Å². The number of sulfone groups is 1. The minimum Gasteiger partial charge on any atom is -0.455 e. The molecule has 5 rings (SSSR count). The van der Waals surface area contributed by atoms with Gasteiger partial charge in [0, 0.05) is 16.3 Å². The lowest BCUT2D eigenvalue weighted by atomic mass is 9.98. The summed E-state index contributed by atoms with van der Waals surface area (Å²) >= 11 is 3.35. The molecule has 1 unspecified atom stereocenters. The summed E-state index contributed by atoms with van der Waals surface area (Å²) in [6.07, 6.45) is 0.802. The molecule has 158 valence electrons. The van der Waals surface area contributed by atoms with Crippen LogP contribution in [0.2, 0.25) is 0 Å². The third-order valence-corrected chi connectivity index (χ3v) is 8.92. The lowest BCUT2D eigenvalue weighted by Crippen LogP contribution is -2.39. The quantitative estimate of drug-likeness (QED) is 0.405. The summed E-state index contributed by atoms with van der Waals surface area (Å²) in [6.45, 7) is 0.591. The number of benzene rings is 1. The van der Waals surface area contributed by atoms with Crippen LogP contribution in [0, 0.1) is 0 Å². The Hall–Kier alpha value is -2.68. The number of furan rings is 1. The van der Waals surface area contributed by atoms with Gasteiger partial charge in [0.25, 0.3) is 5.91 Å². The van der Waals surface area contributed by atoms with Crippen LogP contribution in [0.4, 0.5) is 0 Å². The number of hydrogen-bond donors (Lipinski definition) is 0. The first-order chi connectivity index (χ1) is 15.0. The fourth-order valence-corrected chi connectivity index (χ4v) is 6.93. The maximum Gasteiger partial charge on any atom is 0.290 e. The van der Waals surface area contributed by atoms with Crippen LogP contribution >= 0.6 is 22.7 Å². The van der Waals surface area contributed by atoms with Crippen LogP contribution in [-0.2, 0) is 22.0 Å². The Morgan fingerprint density at radius 3 is 2.61 bits per heavy atom. The monoisotopic (exact) mass is 469 g/mol. The molecule has 5 nitrogen and oxygen atoms in total. The highest BCUT2D eigenvalue weighted by atomic mass is 32.2. The molecule has 0 spiro atoms. The van der Waals surface area contributed by atoms with E-state index in [0.29, 0.717) is 6.54 Å². The van der Waals surface area contributed by atoms with Gasteiger partial charge in [0.05, 0.1) is 10.9 Å². The van der Waals surface area contributed by atoms with Crippen LogP contribution in [0.3, 0.4) is 0 Å². The molecule has 4 aromatic rings. The second-order valence-electron chi connectivity index (χ2n) is 7.30. The highest BCUT2D eigenvalue weighted by Gasteiger charge is 2.35. The van der Waals surface area contributed by atoms with Crippen molar-refractivity contribution in [2.45, 2.75) is 23.1 Å². The highest BCUT2D eigenvalue weighted by molar-refractivity contribution is 7.90. The molecule has 1 aliphatic rings. The van der Waals surface area contributed by atoms with Crippen LogP contribution in [0.1, 0.15) is 37.7 Å². The first kappa shape index (κ1) is 20.2. The molecule has 0 saturated heterocycles. The van der Waals surface area contributed by atoms with Crippen LogP contribution in [-0.4, -0.2) is 25.8 Å². The molecule has 0 fully saturated rings. The Labute approximate surface area is 188 Å². The van der Waals surface area contributed by atoms with E-state index < -0.39 is 9.84 Å². The molecule has 3 aromatic heterocycles. The molecule has 4 heterocycles. The van der Waals surface area contributed by atoms with Gasteiger partial charge in [-0.3, -0.25) is 4.79 Å². The van der Waals surface area contributed by atoms with Gasteiger partial charge in [0.2, 0.25) is 0 Å². The SMILES string of the molecule is O=C(c1ccc(CS(=O)(=O)c2ccccc2)o1)N1CCc2sccc2C1c1cccs1. The van der Waals surface area contributed by atoms with Crippen molar-refractivity contribution in [1.82, 2.24) is 4.90 Å². The fourth-order valence-electron chi connectivity index (χ4n) is 3.90. The maximum absolute atomic E-state index is 13.4. The zero-order chi connectivity index (χ0) is 21.4. The molecule has 0 bridgehead atoms. The molecule has 0 aliphatic carbocycles. The van der Waals surface area contributed by atoms with Gasteiger partial charge >= 0.3 is 0 Å². The molecular formula is C23H19NO4S3. The largest absolute Gasteiger partial charge is 0.455 e. The molecular weight excluding hydrogens is 450 g/mol. The third kappa shape index (κ3) is 3.86. The second kappa shape index (κ2) is 8.11. The summed E-state index contributed by atoms with van der Waals surface area (Å²) < 4.78 is 31.0. The van der Waals surface area contributed by atoms with Crippen LogP contribution in [0.15, 0.2) is 80.7 Å². The number of carbonyl (C=O) groups is 1. The summed E-state index contributed by atoms with van der Waals surface area (Å²) in [5.41, 5.74) is 1.16. The van der Waals surface area contributed by atoms with Crippen molar-refractivity contribution in [2.75, 3.05) is 6.54 Å². The topological polar surface area (TPSA) is 67.6 Å². The van der Waals surface area contributed by atoms with Crippen molar-refractivity contribution in [1.29, 1.82) is 0 Å². The van der Waals surface area contributed by atoms with Gasteiger partial charge in [-0.15, -0.1) is 22.7 Å². The van der Waals surface area contributed by atoms with E-state index in [-0.39, 0.29) is 34.1 Å². The summed E-state index contributed by atoms with van der Waals surface area (Å²) in [5, 5.41) is 4.08. The zero-order valence-corrected chi connectivity index (χ0v) is 18.9. The Balaban J connectivity index is 1.41. The van der Waals surface area contributed by atoms with E-state index in [1.165, 1.54) is 4.88 Å². The smallest absolute Gasteiger partial charge is 0.290 e. The molecule has 0 N–H and O–H groups in total. The number of fused-ring (bicyclic) bond motifs is 1. The summed E-state index contributed by atoms with van der Waals surface area (Å²) in [6, 6.07) is 17.4. The van der Waals surface area contributed by atoms with Gasteiger partial charge in [-0.2, -0.15) is 0 Å². The summed E-state index contributed by atoms with van der Waals surface area (Å²) in [7, 11) is -3.54. The second-order valence-corrected chi connectivity index (χ2v) is 11.3. The number of thiophene rings is 2. The van der Waals surface area contributed by atoms with Gasteiger partial charge in [-0.05, 0) is 59.1 Å². The molecule has 1 amide bonds. The van der Waals surface area contributed by atoms with E-state index in [4.69, 9.17) is 4.42 Å². The third-order valence-electron chi connectivity index (χ3n) is 5.35. The van der Waals surface area contributed by atoms with Gasteiger partial charge in [-0.25, -0.2) is 8.42 Å². The standard InChI is InChI=1S/C23H19NO4S3/c25-23(19-9-8-16(28-19)15-31(26,27)17-5-2-1-3-6-17)24-12-10-20-18(11-14-30-20)22(24)21-7-4-13-29-21/h1-9,11,13-14,22H,10,12,15H2. The Kier molecular flexibility index (Phi) is 5.29. The molecule has 1 atom stereocenters. The number of nitrogens with zero attached hydrogens (tertiary/aromatic N) is 1. The average Bonchev–Trinajstić information content (AvgIpc) is 3.54. The molecule has 31 heavy (non-hydrogen) atoms. The van der Waals surface area contributed by atoms with E-state index in [9.17, 15) is 13.2 Å². The van der Waals surface area contributed by atoms with Crippen LogP contribution < -0.4 is 0 Å². The summed E-state index contributed by atoms with van der Waals surface area (Å²) in [5.74, 6) is -0.0851. The van der Waals surface area contributed by atoms with Crippen molar-refractivity contribution in [3.63, 3.8) is 0 Å². The number of hydrogen-bond acceptors (Lipinski definition) is 6. The number of amides is 1. The van der Waals surface area contributed by atoms with Crippen molar-refractivity contribution in [3.05, 3.63) is 98.3 Å². The predicted molar refractivity (Wildman–Crippen MR) is 121 cm³/mol. The van der Waals surface area contributed by atoms with Crippen molar-refractivity contribution < 1.29 is 17.6 Å². The summed E-state index contributed by atoms with van der Waals surface area (Å²) in [4.78, 5) is 17.8. The Morgan fingerprint density at radius 2 is 1.84 bits per heavy atom. The van der Waals surface area contributed by atoms with Crippen molar-refractivity contribution >= 4 is 38.4 Å². The molecule has 1 aromatic carbocycles. The first-order valence-electron chi connectivity index (χ1n) is 9.80. The van der Waals surface area contributed by atoms with E-state index in [1.54, 1.807) is 65.1 Å². The maximum atomic E-state index is 13.4. The first-order valence-corrected chi connectivity index (χ1v) is 13.2. The van der Waals surface area contributed by atoms with Gasteiger partial charge < -0.3 is 9.32 Å². The minimum absolute atomic E-state index is 0.149. The predicted octanol–water partition coefficient (Wildman–Crippen LogP) is 5.16. The highest BCUT2D eigenvalue weighted by Crippen LogP contribution is 2.40. The van der Waals surface area contributed by atoms with Crippen LogP contribution in [0.5, 0.6) is 0 Å². The molecule has 0 radical (unpaired) electrons. The molecule has 1 aliphatic heterocycles. The van der Waals surface area contributed by atoms with E-state index in [2.05, 4.69) is 11.4 Å².